The second-order valence-electron chi connectivity index (χ2n) is 5.82. The Bertz CT molecular complexity index is 587. The Morgan fingerprint density at radius 2 is 1.90 bits per heavy atom. The molecule has 0 amide bonds. The van der Waals surface area contributed by atoms with Crippen LogP contribution in [0.3, 0.4) is 0 Å². The van der Waals surface area contributed by atoms with Gasteiger partial charge in [-0.1, -0.05) is 36.4 Å². The molecule has 108 valence electrons. The van der Waals surface area contributed by atoms with Crippen LogP contribution in [0.25, 0.3) is 10.8 Å². The Morgan fingerprint density at radius 3 is 2.55 bits per heavy atom. The highest BCUT2D eigenvalue weighted by Crippen LogP contribution is 2.34. The Morgan fingerprint density at radius 1 is 1.20 bits per heavy atom. The molecule has 0 radical (unpaired) electrons. The van der Waals surface area contributed by atoms with Crippen molar-refractivity contribution in [1.29, 1.82) is 0 Å². The zero-order chi connectivity index (χ0) is 14.8. The molecule has 20 heavy (non-hydrogen) atoms. The molecule has 0 saturated carbocycles. The second-order valence-corrected chi connectivity index (χ2v) is 5.82. The van der Waals surface area contributed by atoms with Gasteiger partial charge in [0.05, 0.1) is 5.60 Å². The molecule has 2 aromatic rings. The van der Waals surface area contributed by atoms with Gasteiger partial charge in [-0.2, -0.15) is 0 Å². The molecule has 1 unspecified atom stereocenters. The third-order valence-electron chi connectivity index (χ3n) is 3.38. The summed E-state index contributed by atoms with van der Waals surface area (Å²) in [4.78, 5) is 0. The number of benzene rings is 2. The number of hydrogen-bond donors (Lipinski definition) is 2. The minimum Gasteiger partial charge on any atom is -0.490 e. The molecular formula is C17H23NO2. The largest absolute Gasteiger partial charge is 0.490 e. The molecular weight excluding hydrogens is 250 g/mol. The lowest BCUT2D eigenvalue weighted by atomic mass is 10.0. The Hall–Kier alpha value is -1.58. The minimum atomic E-state index is -0.850. The molecule has 1 atom stereocenters. The first-order chi connectivity index (χ1) is 9.42. The van der Waals surface area contributed by atoms with Gasteiger partial charge < -0.3 is 15.2 Å². The summed E-state index contributed by atoms with van der Waals surface area (Å²) in [6.07, 6.45) is 0. The quantitative estimate of drug-likeness (QED) is 0.878. The number of hydrogen-bond acceptors (Lipinski definition) is 3. The number of nitrogens with one attached hydrogen (secondary N) is 1. The molecule has 0 aliphatic carbocycles. The van der Waals surface area contributed by atoms with Crippen molar-refractivity contribution in [2.45, 2.75) is 32.4 Å². The summed E-state index contributed by atoms with van der Waals surface area (Å²) in [5, 5.41) is 15.4. The second kappa shape index (κ2) is 5.81. The highest BCUT2D eigenvalue weighted by molar-refractivity contribution is 5.89. The molecule has 0 heterocycles. The Kier molecular flexibility index (Phi) is 4.31. The van der Waals surface area contributed by atoms with Crippen molar-refractivity contribution in [3.8, 4) is 5.75 Å². The number of fused-ring (bicyclic) bond motifs is 1. The van der Waals surface area contributed by atoms with Crippen LogP contribution in [0.5, 0.6) is 5.75 Å². The lowest BCUT2D eigenvalue weighted by Crippen LogP contribution is -2.28. The topological polar surface area (TPSA) is 41.5 Å². The van der Waals surface area contributed by atoms with E-state index in [-0.39, 0.29) is 12.6 Å². The molecule has 2 N–H and O–H groups in total. The van der Waals surface area contributed by atoms with E-state index in [0.29, 0.717) is 0 Å². The van der Waals surface area contributed by atoms with Gasteiger partial charge in [0.1, 0.15) is 12.4 Å². The summed E-state index contributed by atoms with van der Waals surface area (Å²) in [6.45, 7) is 5.87. The summed E-state index contributed by atoms with van der Waals surface area (Å²) < 4.78 is 5.95. The van der Waals surface area contributed by atoms with Crippen LogP contribution in [-0.4, -0.2) is 24.4 Å². The van der Waals surface area contributed by atoms with Crippen molar-refractivity contribution in [2.24, 2.45) is 0 Å². The average Bonchev–Trinajstić information content (AvgIpc) is 2.42. The first-order valence-electron chi connectivity index (χ1n) is 6.96. The molecule has 2 aromatic carbocycles. The highest BCUT2D eigenvalue weighted by Gasteiger charge is 2.18. The van der Waals surface area contributed by atoms with Crippen LogP contribution in [-0.2, 0) is 0 Å². The van der Waals surface area contributed by atoms with E-state index in [2.05, 4.69) is 36.5 Å². The molecule has 0 fully saturated rings. The third-order valence-corrected chi connectivity index (χ3v) is 3.38. The van der Waals surface area contributed by atoms with Crippen molar-refractivity contribution in [3.63, 3.8) is 0 Å². The monoisotopic (exact) mass is 273 g/mol. The van der Waals surface area contributed by atoms with Gasteiger partial charge in [0.25, 0.3) is 0 Å². The van der Waals surface area contributed by atoms with Gasteiger partial charge in [0.2, 0.25) is 0 Å². The fourth-order valence-corrected chi connectivity index (χ4v) is 2.17. The SMILES string of the molecule is CNC(C)c1ccc2ccccc2c1OCC(C)(C)O. The number of rotatable bonds is 5. The maximum absolute atomic E-state index is 9.90. The van der Waals surface area contributed by atoms with Crippen molar-refractivity contribution >= 4 is 10.8 Å². The van der Waals surface area contributed by atoms with Gasteiger partial charge in [-0.3, -0.25) is 0 Å². The number of aliphatic hydroxyl groups is 1. The van der Waals surface area contributed by atoms with E-state index in [1.807, 2.05) is 19.2 Å². The molecule has 0 saturated heterocycles. The zero-order valence-electron chi connectivity index (χ0n) is 12.6. The van der Waals surface area contributed by atoms with E-state index in [1.54, 1.807) is 13.8 Å². The molecule has 0 bridgehead atoms. The van der Waals surface area contributed by atoms with E-state index in [1.165, 1.54) is 0 Å². The minimum absolute atomic E-state index is 0.191. The lowest BCUT2D eigenvalue weighted by Gasteiger charge is -2.23. The lowest BCUT2D eigenvalue weighted by molar-refractivity contribution is 0.0286. The molecule has 3 nitrogen and oxygen atoms in total. The van der Waals surface area contributed by atoms with Crippen LogP contribution in [0.2, 0.25) is 0 Å². The van der Waals surface area contributed by atoms with E-state index in [0.717, 1.165) is 22.1 Å². The van der Waals surface area contributed by atoms with Crippen LogP contribution in [0, 0.1) is 0 Å². The smallest absolute Gasteiger partial charge is 0.132 e. The van der Waals surface area contributed by atoms with Crippen molar-refractivity contribution in [3.05, 3.63) is 42.0 Å². The molecule has 3 heteroatoms. The van der Waals surface area contributed by atoms with Gasteiger partial charge in [-0.25, -0.2) is 0 Å². The average molecular weight is 273 g/mol. The predicted octanol–water partition coefficient (Wildman–Crippen LogP) is 3.27. The Balaban J connectivity index is 2.50. The van der Waals surface area contributed by atoms with Gasteiger partial charge in [-0.05, 0) is 33.2 Å². The van der Waals surface area contributed by atoms with Gasteiger partial charge in [0, 0.05) is 17.0 Å². The summed E-state index contributed by atoms with van der Waals surface area (Å²) in [6, 6.07) is 12.5. The van der Waals surface area contributed by atoms with Crippen molar-refractivity contribution < 1.29 is 9.84 Å². The molecule has 0 aliphatic rings. The molecule has 0 spiro atoms. The van der Waals surface area contributed by atoms with Gasteiger partial charge in [0.15, 0.2) is 0 Å². The summed E-state index contributed by atoms with van der Waals surface area (Å²) in [5.41, 5.74) is 0.257. The molecule has 2 rings (SSSR count). The van der Waals surface area contributed by atoms with Crippen LogP contribution in [0.4, 0.5) is 0 Å². The maximum atomic E-state index is 9.90. The Labute approximate surface area is 120 Å². The highest BCUT2D eigenvalue weighted by atomic mass is 16.5. The predicted molar refractivity (Wildman–Crippen MR) is 83.2 cm³/mol. The van der Waals surface area contributed by atoms with E-state index in [9.17, 15) is 5.11 Å². The van der Waals surface area contributed by atoms with Crippen LogP contribution in [0.1, 0.15) is 32.4 Å². The molecule has 0 aliphatic heterocycles. The first kappa shape index (κ1) is 14.8. The summed E-state index contributed by atoms with van der Waals surface area (Å²) in [7, 11) is 1.93. The fourth-order valence-electron chi connectivity index (χ4n) is 2.17. The number of ether oxygens (including phenoxy) is 1. The summed E-state index contributed by atoms with van der Waals surface area (Å²) in [5.74, 6) is 0.854. The van der Waals surface area contributed by atoms with E-state index in [4.69, 9.17) is 4.74 Å². The third kappa shape index (κ3) is 3.30. The van der Waals surface area contributed by atoms with Crippen LogP contribution in [0.15, 0.2) is 36.4 Å². The summed E-state index contributed by atoms with van der Waals surface area (Å²) >= 11 is 0. The fraction of sp³-hybridized carbons (Fsp3) is 0.412. The maximum Gasteiger partial charge on any atom is 0.132 e. The van der Waals surface area contributed by atoms with E-state index >= 15 is 0 Å². The van der Waals surface area contributed by atoms with Crippen molar-refractivity contribution in [2.75, 3.05) is 13.7 Å². The normalized spacial score (nSPS) is 13.4. The van der Waals surface area contributed by atoms with Gasteiger partial charge in [-0.15, -0.1) is 0 Å². The van der Waals surface area contributed by atoms with E-state index < -0.39 is 5.60 Å². The van der Waals surface area contributed by atoms with Crippen LogP contribution < -0.4 is 10.1 Å². The van der Waals surface area contributed by atoms with Crippen LogP contribution >= 0.6 is 0 Å². The first-order valence-corrected chi connectivity index (χ1v) is 6.96. The van der Waals surface area contributed by atoms with Crippen molar-refractivity contribution in [1.82, 2.24) is 5.32 Å². The van der Waals surface area contributed by atoms with Gasteiger partial charge >= 0.3 is 0 Å². The molecule has 0 aromatic heterocycles. The zero-order valence-corrected chi connectivity index (χ0v) is 12.6. The standard InChI is InChI=1S/C17H23NO2/c1-12(18-4)14-10-9-13-7-5-6-8-15(13)16(14)20-11-17(2,3)19/h5-10,12,18-19H,11H2,1-4H3.